The molecular formula is C15H21ClN2O2. The molecule has 0 radical (unpaired) electrons. The summed E-state index contributed by atoms with van der Waals surface area (Å²) in [5.74, 6) is -0.128. The lowest BCUT2D eigenvalue weighted by Gasteiger charge is -2.29. The minimum Gasteiger partial charge on any atom is -0.388 e. The summed E-state index contributed by atoms with van der Waals surface area (Å²) in [6.07, 6.45) is 3.58. The van der Waals surface area contributed by atoms with Crippen LogP contribution < -0.4 is 5.32 Å². The number of carbonyl (C=O) groups is 1. The molecule has 1 amide bonds. The van der Waals surface area contributed by atoms with Crippen molar-refractivity contribution in [2.24, 2.45) is 0 Å². The molecule has 20 heavy (non-hydrogen) atoms. The highest BCUT2D eigenvalue weighted by Gasteiger charge is 2.33. The summed E-state index contributed by atoms with van der Waals surface area (Å²) in [6, 6.07) is 5.19. The average Bonchev–Trinajstić information content (AvgIpc) is 2.84. The molecule has 2 rings (SSSR count). The fourth-order valence-electron chi connectivity index (χ4n) is 2.82. The van der Waals surface area contributed by atoms with E-state index in [2.05, 4.69) is 5.32 Å². The number of nitrogens with one attached hydrogen (secondary N) is 1. The first-order valence-electron chi connectivity index (χ1n) is 6.90. The second kappa shape index (κ2) is 6.02. The molecule has 110 valence electrons. The van der Waals surface area contributed by atoms with Crippen LogP contribution in [0.2, 0.25) is 5.02 Å². The lowest BCUT2D eigenvalue weighted by Crippen LogP contribution is -2.42. The van der Waals surface area contributed by atoms with Gasteiger partial charge in [0.15, 0.2) is 0 Å². The van der Waals surface area contributed by atoms with Gasteiger partial charge >= 0.3 is 0 Å². The molecule has 0 bridgehead atoms. The van der Waals surface area contributed by atoms with Gasteiger partial charge in [0.05, 0.1) is 11.2 Å². The molecule has 1 aliphatic rings. The molecule has 1 saturated carbocycles. The fourth-order valence-corrected chi connectivity index (χ4v) is 2.99. The molecule has 0 atom stereocenters. The zero-order chi connectivity index (χ0) is 14.8. The Hall–Kier alpha value is -1.26. The maximum Gasteiger partial charge on any atom is 0.255 e. The number of aliphatic hydroxyl groups is 1. The quantitative estimate of drug-likeness (QED) is 0.898. The number of halogens is 1. The molecule has 5 heteroatoms. The van der Waals surface area contributed by atoms with Crippen molar-refractivity contribution in [1.82, 2.24) is 4.90 Å². The maximum atomic E-state index is 12.5. The number of hydrogen-bond donors (Lipinski definition) is 2. The molecule has 4 nitrogen and oxygen atoms in total. The van der Waals surface area contributed by atoms with Crippen LogP contribution >= 0.6 is 11.6 Å². The Morgan fingerprint density at radius 1 is 1.45 bits per heavy atom. The lowest BCUT2D eigenvalue weighted by atomic mass is 10.0. The SMILES string of the molecule is CNc1ccc(Cl)cc1C(=O)N(C)CC1(O)CCCC1. The summed E-state index contributed by atoms with van der Waals surface area (Å²) in [4.78, 5) is 14.1. The largest absolute Gasteiger partial charge is 0.388 e. The van der Waals surface area contributed by atoms with Gasteiger partial charge in [-0.2, -0.15) is 0 Å². The van der Waals surface area contributed by atoms with Crippen molar-refractivity contribution in [2.75, 3.05) is 26.0 Å². The first-order valence-corrected chi connectivity index (χ1v) is 7.28. The van der Waals surface area contributed by atoms with E-state index in [-0.39, 0.29) is 5.91 Å². The van der Waals surface area contributed by atoms with Crippen molar-refractivity contribution >= 4 is 23.2 Å². The molecule has 1 aromatic carbocycles. The summed E-state index contributed by atoms with van der Waals surface area (Å²) >= 11 is 5.97. The zero-order valence-corrected chi connectivity index (χ0v) is 12.7. The van der Waals surface area contributed by atoms with E-state index in [1.165, 1.54) is 0 Å². The van der Waals surface area contributed by atoms with Crippen LogP contribution in [0.3, 0.4) is 0 Å². The van der Waals surface area contributed by atoms with Gasteiger partial charge in [0, 0.05) is 31.4 Å². The van der Waals surface area contributed by atoms with E-state index in [0.717, 1.165) is 31.4 Å². The maximum absolute atomic E-state index is 12.5. The molecule has 0 unspecified atom stereocenters. The van der Waals surface area contributed by atoms with Gasteiger partial charge in [-0.3, -0.25) is 4.79 Å². The van der Waals surface area contributed by atoms with E-state index >= 15 is 0 Å². The summed E-state index contributed by atoms with van der Waals surface area (Å²) in [5, 5.41) is 13.9. The van der Waals surface area contributed by atoms with Gasteiger partial charge in [0.1, 0.15) is 0 Å². The smallest absolute Gasteiger partial charge is 0.255 e. The van der Waals surface area contributed by atoms with Crippen molar-refractivity contribution in [2.45, 2.75) is 31.3 Å². The number of amides is 1. The van der Waals surface area contributed by atoms with Crippen LogP contribution in [-0.2, 0) is 0 Å². The number of hydrogen-bond acceptors (Lipinski definition) is 3. The highest BCUT2D eigenvalue weighted by molar-refractivity contribution is 6.31. The number of anilines is 1. The van der Waals surface area contributed by atoms with Crippen LogP contribution in [-0.4, -0.2) is 42.2 Å². The normalized spacial score (nSPS) is 17.0. The van der Waals surface area contributed by atoms with Gasteiger partial charge in [-0.05, 0) is 31.0 Å². The molecule has 0 aromatic heterocycles. The molecule has 0 aliphatic heterocycles. The van der Waals surface area contributed by atoms with Crippen molar-refractivity contribution in [3.8, 4) is 0 Å². The molecule has 1 aliphatic carbocycles. The number of likely N-dealkylation sites (N-methyl/N-ethyl adjacent to an activating group) is 1. The van der Waals surface area contributed by atoms with Crippen LogP contribution in [0.5, 0.6) is 0 Å². The summed E-state index contributed by atoms with van der Waals surface area (Å²) in [5.41, 5.74) is 0.539. The van der Waals surface area contributed by atoms with E-state index < -0.39 is 5.60 Å². The topological polar surface area (TPSA) is 52.6 Å². The fraction of sp³-hybridized carbons (Fsp3) is 0.533. The van der Waals surface area contributed by atoms with E-state index in [1.54, 1.807) is 37.2 Å². The monoisotopic (exact) mass is 296 g/mol. The van der Waals surface area contributed by atoms with Gasteiger partial charge in [-0.25, -0.2) is 0 Å². The van der Waals surface area contributed by atoms with Crippen LogP contribution in [0.15, 0.2) is 18.2 Å². The van der Waals surface area contributed by atoms with E-state index in [0.29, 0.717) is 17.1 Å². The van der Waals surface area contributed by atoms with Crippen molar-refractivity contribution in [3.63, 3.8) is 0 Å². The highest BCUT2D eigenvalue weighted by atomic mass is 35.5. The highest BCUT2D eigenvalue weighted by Crippen LogP contribution is 2.30. The second-order valence-corrected chi connectivity index (χ2v) is 5.97. The Balaban J connectivity index is 2.16. The number of nitrogens with zero attached hydrogens (tertiary/aromatic N) is 1. The van der Waals surface area contributed by atoms with Crippen LogP contribution in [0.1, 0.15) is 36.0 Å². The summed E-state index contributed by atoms with van der Waals surface area (Å²) in [7, 11) is 3.49. The molecule has 1 fully saturated rings. The summed E-state index contributed by atoms with van der Waals surface area (Å²) < 4.78 is 0. The number of carbonyl (C=O) groups excluding carboxylic acids is 1. The van der Waals surface area contributed by atoms with Gasteiger partial charge < -0.3 is 15.3 Å². The molecule has 0 saturated heterocycles. The third-order valence-corrected chi connectivity index (χ3v) is 4.13. The van der Waals surface area contributed by atoms with Gasteiger partial charge in [0.25, 0.3) is 5.91 Å². The van der Waals surface area contributed by atoms with Gasteiger partial charge in [-0.1, -0.05) is 24.4 Å². The molecule has 0 spiro atoms. The zero-order valence-electron chi connectivity index (χ0n) is 11.9. The molecule has 1 aromatic rings. The van der Waals surface area contributed by atoms with E-state index in [4.69, 9.17) is 11.6 Å². The Labute approximate surface area is 124 Å². The van der Waals surface area contributed by atoms with Crippen molar-refractivity contribution in [1.29, 1.82) is 0 Å². The second-order valence-electron chi connectivity index (χ2n) is 5.53. The average molecular weight is 297 g/mol. The first kappa shape index (κ1) is 15.1. The predicted octanol–water partition coefficient (Wildman–Crippen LogP) is 2.76. The van der Waals surface area contributed by atoms with Crippen LogP contribution in [0.25, 0.3) is 0 Å². The minimum absolute atomic E-state index is 0.128. The van der Waals surface area contributed by atoms with Crippen molar-refractivity contribution in [3.05, 3.63) is 28.8 Å². The minimum atomic E-state index is -0.733. The van der Waals surface area contributed by atoms with E-state index in [1.807, 2.05) is 0 Å². The lowest BCUT2D eigenvalue weighted by molar-refractivity contribution is 0.0157. The van der Waals surface area contributed by atoms with Gasteiger partial charge in [0.2, 0.25) is 0 Å². The Morgan fingerprint density at radius 2 is 2.10 bits per heavy atom. The molecule has 0 heterocycles. The first-order chi connectivity index (χ1) is 9.45. The number of rotatable bonds is 4. The van der Waals surface area contributed by atoms with Crippen LogP contribution in [0.4, 0.5) is 5.69 Å². The standard InChI is InChI=1S/C15H21ClN2O2/c1-17-13-6-5-11(16)9-12(13)14(19)18(2)10-15(20)7-3-4-8-15/h5-6,9,17,20H,3-4,7-8,10H2,1-2H3. The molecular weight excluding hydrogens is 276 g/mol. The Morgan fingerprint density at radius 3 is 2.70 bits per heavy atom. The van der Waals surface area contributed by atoms with Gasteiger partial charge in [-0.15, -0.1) is 0 Å². The predicted molar refractivity (Wildman–Crippen MR) is 81.4 cm³/mol. The van der Waals surface area contributed by atoms with Crippen LogP contribution in [0, 0.1) is 0 Å². The third-order valence-electron chi connectivity index (χ3n) is 3.89. The van der Waals surface area contributed by atoms with E-state index in [9.17, 15) is 9.90 Å². The summed E-state index contributed by atoms with van der Waals surface area (Å²) in [6.45, 7) is 0.363. The molecule has 2 N–H and O–H groups in total. The third kappa shape index (κ3) is 3.25. The Bertz CT molecular complexity index is 499. The van der Waals surface area contributed by atoms with Crippen molar-refractivity contribution < 1.29 is 9.90 Å². The Kier molecular flexibility index (Phi) is 4.55. The number of benzene rings is 1.